The lowest BCUT2D eigenvalue weighted by Gasteiger charge is -2.33. The molecule has 2 atom stereocenters. The number of aliphatic carboxylic acids is 1. The molecule has 2 heterocycles. The molecule has 2 N–H and O–H groups in total. The molecular formula is C13H22N2O4. The number of likely N-dealkylation sites (tertiary alicyclic amines) is 2. The van der Waals surface area contributed by atoms with E-state index in [0.717, 1.165) is 19.3 Å². The number of hydrogen-bond donors (Lipinski definition) is 2. The second-order valence-corrected chi connectivity index (χ2v) is 5.56. The van der Waals surface area contributed by atoms with Crippen molar-refractivity contribution in [3.63, 3.8) is 0 Å². The first-order chi connectivity index (χ1) is 9.06. The first-order valence-corrected chi connectivity index (χ1v) is 7.00. The lowest BCUT2D eigenvalue weighted by molar-refractivity contribution is -0.137. The summed E-state index contributed by atoms with van der Waals surface area (Å²) >= 11 is 0. The average molecular weight is 270 g/mol. The minimum Gasteiger partial charge on any atom is -0.481 e. The molecule has 0 spiro atoms. The van der Waals surface area contributed by atoms with E-state index in [1.54, 1.807) is 9.80 Å². The standard InChI is InChI=1S/C13H22N2O4/c16-11-2-1-6-14(9-11)13(19)15-7-5-10(8-15)3-4-12(17)18/h10-11,16H,1-9H2,(H,17,18). The van der Waals surface area contributed by atoms with Crippen molar-refractivity contribution in [2.75, 3.05) is 26.2 Å². The molecule has 0 aromatic carbocycles. The summed E-state index contributed by atoms with van der Waals surface area (Å²) in [5.41, 5.74) is 0. The van der Waals surface area contributed by atoms with Crippen molar-refractivity contribution >= 4 is 12.0 Å². The molecule has 2 saturated heterocycles. The molecule has 108 valence electrons. The van der Waals surface area contributed by atoms with Crippen molar-refractivity contribution in [2.24, 2.45) is 5.92 Å². The Hall–Kier alpha value is -1.30. The Morgan fingerprint density at radius 1 is 1.11 bits per heavy atom. The van der Waals surface area contributed by atoms with Crippen LogP contribution in [0.15, 0.2) is 0 Å². The third-order valence-corrected chi connectivity index (χ3v) is 3.99. The molecule has 2 aliphatic rings. The highest BCUT2D eigenvalue weighted by atomic mass is 16.4. The van der Waals surface area contributed by atoms with E-state index < -0.39 is 12.1 Å². The average Bonchev–Trinajstić information content (AvgIpc) is 2.84. The molecule has 2 fully saturated rings. The van der Waals surface area contributed by atoms with Crippen LogP contribution in [0.4, 0.5) is 4.79 Å². The van der Waals surface area contributed by atoms with Gasteiger partial charge in [-0.2, -0.15) is 0 Å². The predicted molar refractivity (Wildman–Crippen MR) is 68.8 cm³/mol. The lowest BCUT2D eigenvalue weighted by atomic mass is 10.0. The number of carbonyl (C=O) groups is 2. The van der Waals surface area contributed by atoms with Crippen molar-refractivity contribution < 1.29 is 19.8 Å². The SMILES string of the molecule is O=C(O)CCC1CCN(C(=O)N2CCCC(O)C2)C1. The number of piperidine rings is 1. The minimum absolute atomic E-state index is 0.00317. The Balaban J connectivity index is 1.79. The van der Waals surface area contributed by atoms with Crippen molar-refractivity contribution in [1.82, 2.24) is 9.80 Å². The van der Waals surface area contributed by atoms with Gasteiger partial charge in [-0.15, -0.1) is 0 Å². The van der Waals surface area contributed by atoms with E-state index >= 15 is 0 Å². The maximum Gasteiger partial charge on any atom is 0.320 e. The van der Waals surface area contributed by atoms with Gasteiger partial charge >= 0.3 is 12.0 Å². The number of rotatable bonds is 3. The van der Waals surface area contributed by atoms with Gasteiger partial charge in [0.25, 0.3) is 0 Å². The highest BCUT2D eigenvalue weighted by Gasteiger charge is 2.31. The number of amides is 2. The van der Waals surface area contributed by atoms with E-state index in [-0.39, 0.29) is 12.5 Å². The molecular weight excluding hydrogens is 248 g/mol. The Labute approximate surface area is 113 Å². The van der Waals surface area contributed by atoms with Crippen LogP contribution in [0, 0.1) is 5.92 Å². The zero-order chi connectivity index (χ0) is 13.8. The fourth-order valence-electron chi connectivity index (χ4n) is 2.90. The number of aliphatic hydroxyl groups is 1. The molecule has 2 rings (SSSR count). The topological polar surface area (TPSA) is 81.1 Å². The Bertz CT molecular complexity index is 348. The number of nitrogens with zero attached hydrogens (tertiary/aromatic N) is 2. The van der Waals surface area contributed by atoms with Gasteiger partial charge in [-0.05, 0) is 31.6 Å². The van der Waals surface area contributed by atoms with Crippen LogP contribution in [-0.2, 0) is 4.79 Å². The summed E-state index contributed by atoms with van der Waals surface area (Å²) in [4.78, 5) is 26.3. The number of carboxylic acid groups (broad SMARTS) is 1. The van der Waals surface area contributed by atoms with Crippen molar-refractivity contribution in [1.29, 1.82) is 0 Å². The lowest BCUT2D eigenvalue weighted by Crippen LogP contribution is -2.48. The van der Waals surface area contributed by atoms with Gasteiger partial charge in [0.2, 0.25) is 0 Å². The van der Waals surface area contributed by atoms with E-state index in [9.17, 15) is 14.7 Å². The van der Waals surface area contributed by atoms with Gasteiger partial charge in [0.1, 0.15) is 0 Å². The fraction of sp³-hybridized carbons (Fsp3) is 0.846. The molecule has 0 aromatic heterocycles. The Morgan fingerprint density at radius 3 is 2.53 bits per heavy atom. The first-order valence-electron chi connectivity index (χ1n) is 7.00. The number of β-amino-alcohol motifs (C(OH)–C–C–N with tert-alkyl or cyclic N) is 1. The third kappa shape index (κ3) is 3.83. The van der Waals surface area contributed by atoms with Gasteiger partial charge in [0, 0.05) is 32.6 Å². The maximum absolute atomic E-state index is 12.3. The van der Waals surface area contributed by atoms with Crippen molar-refractivity contribution in [3.8, 4) is 0 Å². The van der Waals surface area contributed by atoms with Crippen LogP contribution in [-0.4, -0.2) is 64.3 Å². The zero-order valence-corrected chi connectivity index (χ0v) is 11.1. The van der Waals surface area contributed by atoms with E-state index in [0.29, 0.717) is 38.5 Å². The molecule has 19 heavy (non-hydrogen) atoms. The summed E-state index contributed by atoms with van der Waals surface area (Å²) in [6, 6.07) is -0.00317. The summed E-state index contributed by atoms with van der Waals surface area (Å²) in [6.45, 7) is 2.50. The molecule has 0 bridgehead atoms. The van der Waals surface area contributed by atoms with E-state index in [1.807, 2.05) is 0 Å². The quantitative estimate of drug-likeness (QED) is 0.793. The van der Waals surface area contributed by atoms with Gasteiger partial charge in [-0.1, -0.05) is 0 Å². The Kier molecular flexibility index (Phi) is 4.63. The smallest absolute Gasteiger partial charge is 0.320 e. The molecule has 0 radical (unpaired) electrons. The van der Waals surface area contributed by atoms with Gasteiger partial charge in [0.15, 0.2) is 0 Å². The second-order valence-electron chi connectivity index (χ2n) is 5.56. The van der Waals surface area contributed by atoms with Crippen LogP contribution < -0.4 is 0 Å². The van der Waals surface area contributed by atoms with Gasteiger partial charge in [0.05, 0.1) is 6.10 Å². The molecule has 6 heteroatoms. The maximum atomic E-state index is 12.3. The second kappa shape index (κ2) is 6.23. The van der Waals surface area contributed by atoms with E-state index in [4.69, 9.17) is 5.11 Å². The third-order valence-electron chi connectivity index (χ3n) is 3.99. The summed E-state index contributed by atoms with van der Waals surface area (Å²) in [5.74, 6) is -0.473. The highest BCUT2D eigenvalue weighted by molar-refractivity contribution is 5.75. The number of carbonyl (C=O) groups excluding carboxylic acids is 1. The van der Waals surface area contributed by atoms with Crippen molar-refractivity contribution in [3.05, 3.63) is 0 Å². The van der Waals surface area contributed by atoms with Crippen LogP contribution in [0.25, 0.3) is 0 Å². The number of urea groups is 1. The van der Waals surface area contributed by atoms with Crippen LogP contribution in [0.2, 0.25) is 0 Å². The summed E-state index contributed by atoms with van der Waals surface area (Å²) in [5, 5.41) is 18.3. The fourth-order valence-corrected chi connectivity index (χ4v) is 2.90. The number of hydrogen-bond acceptors (Lipinski definition) is 3. The summed E-state index contributed by atoms with van der Waals surface area (Å²) in [7, 11) is 0. The van der Waals surface area contributed by atoms with Crippen molar-refractivity contribution in [2.45, 2.75) is 38.2 Å². The van der Waals surface area contributed by atoms with Gasteiger partial charge in [-0.3, -0.25) is 4.79 Å². The van der Waals surface area contributed by atoms with Crippen LogP contribution in [0.1, 0.15) is 32.1 Å². The Morgan fingerprint density at radius 2 is 1.84 bits per heavy atom. The van der Waals surface area contributed by atoms with Crippen LogP contribution in [0.5, 0.6) is 0 Å². The largest absolute Gasteiger partial charge is 0.481 e. The first kappa shape index (κ1) is 14.1. The van der Waals surface area contributed by atoms with Crippen LogP contribution >= 0.6 is 0 Å². The number of aliphatic hydroxyl groups excluding tert-OH is 1. The molecule has 6 nitrogen and oxygen atoms in total. The number of carboxylic acids is 1. The molecule has 0 aliphatic carbocycles. The zero-order valence-electron chi connectivity index (χ0n) is 11.1. The normalized spacial score (nSPS) is 27.6. The van der Waals surface area contributed by atoms with Crippen LogP contribution in [0.3, 0.4) is 0 Å². The molecule has 2 aliphatic heterocycles. The molecule has 2 unspecified atom stereocenters. The highest BCUT2D eigenvalue weighted by Crippen LogP contribution is 2.23. The molecule has 2 amide bonds. The molecule has 0 aromatic rings. The predicted octanol–water partition coefficient (Wildman–Crippen LogP) is 0.750. The van der Waals surface area contributed by atoms with E-state index in [1.165, 1.54) is 0 Å². The molecule has 0 saturated carbocycles. The minimum atomic E-state index is -0.774. The summed E-state index contributed by atoms with van der Waals surface area (Å²) in [6.07, 6.45) is 2.92. The monoisotopic (exact) mass is 270 g/mol. The summed E-state index contributed by atoms with van der Waals surface area (Å²) < 4.78 is 0. The van der Waals surface area contributed by atoms with Gasteiger partial charge < -0.3 is 20.0 Å². The van der Waals surface area contributed by atoms with Gasteiger partial charge in [-0.25, -0.2) is 4.79 Å². The van der Waals surface area contributed by atoms with E-state index in [2.05, 4.69) is 0 Å².